The predicted octanol–water partition coefficient (Wildman–Crippen LogP) is 24.0. The van der Waals surface area contributed by atoms with Gasteiger partial charge < -0.3 is 5.11 Å². The largest absolute Gasteiger partial charge is 0.481 e. The molecule has 2 nitrogen and oxygen atoms in total. The first-order chi connectivity index (χ1) is 32.5. The van der Waals surface area contributed by atoms with E-state index in [1.165, 1.54) is 334 Å². The summed E-state index contributed by atoms with van der Waals surface area (Å²) in [4.78, 5) is 14.5. The first kappa shape index (κ1) is 65.5. The second-order valence-corrected chi connectivity index (χ2v) is 22.7. The zero-order valence-electron chi connectivity index (χ0n) is 47.0. The molecular weight excluding hydrogens is 801 g/mol. The lowest BCUT2D eigenvalue weighted by Gasteiger charge is -2.50. The van der Waals surface area contributed by atoms with Gasteiger partial charge in [0.2, 0.25) is 0 Å². The molecule has 0 spiro atoms. The van der Waals surface area contributed by atoms with Crippen LogP contribution < -0.4 is 0 Å². The number of unbranched alkanes of at least 4 members (excludes halogenated alkanes) is 46. The molecule has 0 bridgehead atoms. The van der Waals surface area contributed by atoms with E-state index in [-0.39, 0.29) is 5.41 Å². The standard InChI is InChI=1S/C64H128O2/c1-6-11-16-21-26-31-36-39-44-49-54-59-63(57-52-47-42-37-32-27-22-17-12-7-2,58-53-48-43-38-33-28-23-18-13-8-3)64(62(65)66,60-55-50-45-40-34-29-24-19-14-9-4)61-56-51-46-41-35-30-25-20-15-10-5/h6-61H2,1-5H3,(H,65,66). The summed E-state index contributed by atoms with van der Waals surface area (Å²) in [5, 5.41) is 11.9. The minimum absolute atomic E-state index is 0.0586. The van der Waals surface area contributed by atoms with Gasteiger partial charge in [-0.15, -0.1) is 0 Å². The van der Waals surface area contributed by atoms with Crippen molar-refractivity contribution in [2.24, 2.45) is 10.8 Å². The molecule has 0 aromatic heterocycles. The average Bonchev–Trinajstić information content (AvgIpc) is 3.32. The molecule has 0 saturated carbocycles. The second kappa shape index (κ2) is 52.3. The molecule has 0 aliphatic heterocycles. The van der Waals surface area contributed by atoms with E-state index in [9.17, 15) is 9.90 Å². The van der Waals surface area contributed by atoms with Crippen LogP contribution in [0.1, 0.15) is 394 Å². The molecule has 0 aliphatic carbocycles. The lowest BCUT2D eigenvalue weighted by atomic mass is 9.53. The molecule has 0 rings (SSSR count). The van der Waals surface area contributed by atoms with Gasteiger partial charge >= 0.3 is 5.97 Å². The number of aliphatic carboxylic acids is 1. The van der Waals surface area contributed by atoms with E-state index in [1.54, 1.807) is 0 Å². The van der Waals surface area contributed by atoms with Gasteiger partial charge in [0.25, 0.3) is 0 Å². The van der Waals surface area contributed by atoms with Crippen LogP contribution in [-0.2, 0) is 4.79 Å². The van der Waals surface area contributed by atoms with Crippen LogP contribution in [0.15, 0.2) is 0 Å². The van der Waals surface area contributed by atoms with Gasteiger partial charge in [0.15, 0.2) is 0 Å². The predicted molar refractivity (Wildman–Crippen MR) is 299 cm³/mol. The molecular formula is C64H128O2. The van der Waals surface area contributed by atoms with Crippen molar-refractivity contribution in [1.82, 2.24) is 0 Å². The van der Waals surface area contributed by atoms with Crippen LogP contribution in [0.2, 0.25) is 0 Å². The monoisotopic (exact) mass is 929 g/mol. The topological polar surface area (TPSA) is 37.3 Å². The molecule has 0 saturated heterocycles. The maximum Gasteiger partial charge on any atom is 0.310 e. The van der Waals surface area contributed by atoms with Crippen molar-refractivity contribution in [3.05, 3.63) is 0 Å². The Morgan fingerprint density at radius 1 is 0.227 bits per heavy atom. The van der Waals surface area contributed by atoms with Gasteiger partial charge in [-0.05, 0) is 37.5 Å². The van der Waals surface area contributed by atoms with Crippen molar-refractivity contribution >= 4 is 5.97 Å². The third-order valence-electron chi connectivity index (χ3n) is 16.6. The third kappa shape index (κ3) is 38.3. The summed E-state index contributed by atoms with van der Waals surface area (Å²) in [5.74, 6) is -0.392. The molecule has 0 fully saturated rings. The van der Waals surface area contributed by atoms with Crippen molar-refractivity contribution in [2.45, 2.75) is 394 Å². The van der Waals surface area contributed by atoms with Crippen molar-refractivity contribution in [3.8, 4) is 0 Å². The fourth-order valence-corrected chi connectivity index (χ4v) is 12.0. The minimum Gasteiger partial charge on any atom is -0.481 e. The normalized spacial score (nSPS) is 12.2. The van der Waals surface area contributed by atoms with Crippen LogP contribution in [0, 0.1) is 10.8 Å². The van der Waals surface area contributed by atoms with Gasteiger partial charge in [0.1, 0.15) is 0 Å². The molecule has 0 amide bonds. The lowest BCUT2D eigenvalue weighted by Crippen LogP contribution is -2.48. The minimum atomic E-state index is -0.565. The SMILES string of the molecule is CCCCCCCCCCCCCC(CCCCCCCCCCCC)(CCCCCCCCCCCC)C(CCCCCCCCCCCC)(CCCCCCCCCCCC)C(=O)O. The van der Waals surface area contributed by atoms with Crippen LogP contribution in [0.3, 0.4) is 0 Å². The molecule has 396 valence electrons. The third-order valence-corrected chi connectivity index (χ3v) is 16.6. The van der Waals surface area contributed by atoms with Crippen LogP contribution in [-0.4, -0.2) is 11.1 Å². The number of carboxylic acid groups (broad SMARTS) is 1. The van der Waals surface area contributed by atoms with Crippen LogP contribution in [0.25, 0.3) is 0 Å². The quantitative estimate of drug-likeness (QED) is 0.0617. The molecule has 1 N–H and O–H groups in total. The fourth-order valence-electron chi connectivity index (χ4n) is 12.0. The molecule has 0 aromatic rings. The number of hydrogen-bond acceptors (Lipinski definition) is 1. The lowest BCUT2D eigenvalue weighted by molar-refractivity contribution is -0.164. The Morgan fingerprint density at radius 2 is 0.364 bits per heavy atom. The van der Waals surface area contributed by atoms with Gasteiger partial charge in [0.05, 0.1) is 5.41 Å². The Morgan fingerprint density at radius 3 is 0.515 bits per heavy atom. The summed E-state index contributed by atoms with van der Waals surface area (Å²) in [6, 6.07) is 0. The number of carbonyl (C=O) groups is 1. The Bertz CT molecular complexity index is 876. The fraction of sp³-hybridized carbons (Fsp3) is 0.984. The zero-order chi connectivity index (χ0) is 48.2. The maximum absolute atomic E-state index is 14.5. The highest BCUT2D eigenvalue weighted by Crippen LogP contribution is 2.57. The Kier molecular flexibility index (Phi) is 51.9. The smallest absolute Gasteiger partial charge is 0.310 e. The van der Waals surface area contributed by atoms with Gasteiger partial charge in [0, 0.05) is 0 Å². The highest BCUT2D eigenvalue weighted by atomic mass is 16.4. The van der Waals surface area contributed by atoms with E-state index in [2.05, 4.69) is 34.6 Å². The molecule has 0 radical (unpaired) electrons. The molecule has 0 unspecified atom stereocenters. The first-order valence-electron chi connectivity index (χ1n) is 31.7. The average molecular weight is 930 g/mol. The van der Waals surface area contributed by atoms with E-state index < -0.39 is 11.4 Å². The molecule has 66 heavy (non-hydrogen) atoms. The Labute approximate surface area is 419 Å². The van der Waals surface area contributed by atoms with Crippen molar-refractivity contribution in [3.63, 3.8) is 0 Å². The summed E-state index contributed by atoms with van der Waals surface area (Å²) in [6.07, 6.45) is 74.1. The van der Waals surface area contributed by atoms with E-state index in [0.717, 1.165) is 25.7 Å². The summed E-state index contributed by atoms with van der Waals surface area (Å²) in [7, 11) is 0. The number of carboxylic acids is 1. The highest BCUT2D eigenvalue weighted by molar-refractivity contribution is 5.76. The molecule has 2 heteroatoms. The Hall–Kier alpha value is -0.530. The molecule has 0 aromatic carbocycles. The zero-order valence-corrected chi connectivity index (χ0v) is 47.0. The summed E-state index contributed by atoms with van der Waals surface area (Å²) >= 11 is 0. The number of hydrogen-bond donors (Lipinski definition) is 1. The van der Waals surface area contributed by atoms with E-state index in [4.69, 9.17) is 0 Å². The van der Waals surface area contributed by atoms with Crippen LogP contribution in [0.5, 0.6) is 0 Å². The van der Waals surface area contributed by atoms with Crippen LogP contribution in [0.4, 0.5) is 0 Å². The highest BCUT2D eigenvalue weighted by Gasteiger charge is 2.54. The summed E-state index contributed by atoms with van der Waals surface area (Å²) in [5.41, 5.74) is -0.624. The molecule has 0 aliphatic rings. The Balaban J connectivity index is 6.28. The second-order valence-electron chi connectivity index (χ2n) is 22.7. The van der Waals surface area contributed by atoms with E-state index in [1.807, 2.05) is 0 Å². The maximum atomic E-state index is 14.5. The van der Waals surface area contributed by atoms with Gasteiger partial charge in [-0.3, -0.25) is 4.79 Å². The number of rotatable bonds is 58. The van der Waals surface area contributed by atoms with E-state index in [0.29, 0.717) is 0 Å². The van der Waals surface area contributed by atoms with Crippen molar-refractivity contribution in [1.29, 1.82) is 0 Å². The van der Waals surface area contributed by atoms with Crippen LogP contribution >= 0.6 is 0 Å². The van der Waals surface area contributed by atoms with Gasteiger partial charge in [-0.1, -0.05) is 362 Å². The van der Waals surface area contributed by atoms with Crippen molar-refractivity contribution < 1.29 is 9.90 Å². The van der Waals surface area contributed by atoms with Crippen molar-refractivity contribution in [2.75, 3.05) is 0 Å². The first-order valence-corrected chi connectivity index (χ1v) is 31.7. The molecule has 0 heterocycles. The van der Waals surface area contributed by atoms with Gasteiger partial charge in [-0.2, -0.15) is 0 Å². The summed E-state index contributed by atoms with van der Waals surface area (Å²) in [6.45, 7) is 11.6. The van der Waals surface area contributed by atoms with E-state index >= 15 is 0 Å². The molecule has 0 atom stereocenters. The van der Waals surface area contributed by atoms with Gasteiger partial charge in [-0.25, -0.2) is 0 Å². The summed E-state index contributed by atoms with van der Waals surface area (Å²) < 4.78 is 0.